The molecule has 0 aliphatic carbocycles. The number of hydrogen-bond acceptors (Lipinski definition) is 4. The summed E-state index contributed by atoms with van der Waals surface area (Å²) in [5, 5.41) is 0.755. The summed E-state index contributed by atoms with van der Waals surface area (Å²) in [6, 6.07) is 8.50. The molecule has 1 aromatic heterocycles. The molecule has 1 aromatic carbocycles. The van der Waals surface area contributed by atoms with Crippen LogP contribution in [0.3, 0.4) is 0 Å². The zero-order chi connectivity index (χ0) is 22.0. The molecule has 0 N–H and O–H groups in total. The molecule has 3 heterocycles. The van der Waals surface area contributed by atoms with Crippen molar-refractivity contribution in [2.45, 2.75) is 76.7 Å². The number of amides is 2. The number of carbonyl (C=O) groups excluding carboxylic acids is 2. The molecule has 2 saturated heterocycles. The normalized spacial score (nSPS) is 22.8. The van der Waals surface area contributed by atoms with E-state index >= 15 is 0 Å². The maximum Gasteiger partial charge on any atom is 0.242 e. The number of para-hydroxylation sites is 2. The number of rotatable bonds is 5. The number of carbonyl (C=O) groups is 2. The summed E-state index contributed by atoms with van der Waals surface area (Å²) < 4.78 is 2.00. The zero-order valence-electron chi connectivity index (χ0n) is 18.9. The number of imidazole rings is 1. The van der Waals surface area contributed by atoms with Gasteiger partial charge in [-0.25, -0.2) is 4.98 Å². The van der Waals surface area contributed by atoms with Gasteiger partial charge in [-0.15, -0.1) is 0 Å². The number of piperidine rings is 2. The fraction of sp³-hybridized carbons (Fsp3) is 0.625. The first-order valence-electron chi connectivity index (χ1n) is 11.6. The van der Waals surface area contributed by atoms with E-state index in [1.165, 1.54) is 18.2 Å². The second kappa shape index (κ2) is 9.63. The fourth-order valence-corrected chi connectivity index (χ4v) is 5.81. The average Bonchev–Trinajstić information content (AvgIpc) is 3.10. The van der Waals surface area contributed by atoms with Crippen LogP contribution < -0.4 is 0 Å². The van der Waals surface area contributed by atoms with Gasteiger partial charge in [0.2, 0.25) is 11.8 Å². The summed E-state index contributed by atoms with van der Waals surface area (Å²) in [6.07, 6.45) is 5.47. The molecule has 0 saturated carbocycles. The van der Waals surface area contributed by atoms with Gasteiger partial charge in [0, 0.05) is 25.2 Å². The molecule has 7 heteroatoms. The van der Waals surface area contributed by atoms with Gasteiger partial charge in [0.1, 0.15) is 6.54 Å². The number of thioether (sulfide) groups is 1. The van der Waals surface area contributed by atoms with Crippen LogP contribution in [-0.2, 0) is 16.1 Å². The Labute approximate surface area is 189 Å². The van der Waals surface area contributed by atoms with Crippen molar-refractivity contribution >= 4 is 34.6 Å². The Morgan fingerprint density at radius 2 is 1.68 bits per heavy atom. The van der Waals surface area contributed by atoms with Crippen molar-refractivity contribution in [3.8, 4) is 0 Å². The first-order chi connectivity index (χ1) is 14.9. The van der Waals surface area contributed by atoms with Gasteiger partial charge in [0.15, 0.2) is 5.16 Å². The van der Waals surface area contributed by atoms with E-state index < -0.39 is 0 Å². The van der Waals surface area contributed by atoms with Gasteiger partial charge in [0.05, 0.1) is 16.8 Å². The smallest absolute Gasteiger partial charge is 0.242 e. The molecule has 31 heavy (non-hydrogen) atoms. The number of aromatic nitrogens is 2. The summed E-state index contributed by atoms with van der Waals surface area (Å²) in [5.74, 6) is 1.35. The Hall–Kier alpha value is -2.02. The van der Waals surface area contributed by atoms with Gasteiger partial charge < -0.3 is 14.4 Å². The Morgan fingerprint density at radius 1 is 1.00 bits per heavy atom. The van der Waals surface area contributed by atoms with E-state index in [0.29, 0.717) is 23.8 Å². The number of benzene rings is 1. The van der Waals surface area contributed by atoms with E-state index in [-0.39, 0.29) is 18.4 Å². The molecule has 0 radical (unpaired) electrons. The Morgan fingerprint density at radius 3 is 2.39 bits per heavy atom. The highest BCUT2D eigenvalue weighted by atomic mass is 32.2. The molecule has 2 atom stereocenters. The van der Waals surface area contributed by atoms with Gasteiger partial charge in [-0.3, -0.25) is 9.59 Å². The van der Waals surface area contributed by atoms with Crippen molar-refractivity contribution in [3.05, 3.63) is 24.3 Å². The number of nitrogens with zero attached hydrogens (tertiary/aromatic N) is 4. The molecular formula is C24H34N4O2S. The van der Waals surface area contributed by atoms with E-state index in [1.54, 1.807) is 0 Å². The number of likely N-dealkylation sites (tertiary alicyclic amines) is 2. The molecule has 2 amide bonds. The van der Waals surface area contributed by atoms with Crippen molar-refractivity contribution in [2.24, 2.45) is 5.92 Å². The first-order valence-corrected chi connectivity index (χ1v) is 12.6. The topological polar surface area (TPSA) is 58.4 Å². The van der Waals surface area contributed by atoms with Crippen LogP contribution in [0.2, 0.25) is 0 Å². The van der Waals surface area contributed by atoms with Gasteiger partial charge in [-0.05, 0) is 64.0 Å². The van der Waals surface area contributed by atoms with Crippen molar-refractivity contribution in [1.29, 1.82) is 0 Å². The van der Waals surface area contributed by atoms with Crippen molar-refractivity contribution < 1.29 is 9.59 Å². The molecule has 2 unspecified atom stereocenters. The molecule has 168 valence electrons. The maximum absolute atomic E-state index is 13.0. The third kappa shape index (κ3) is 4.92. The summed E-state index contributed by atoms with van der Waals surface area (Å²) >= 11 is 1.46. The maximum atomic E-state index is 13.0. The molecule has 0 spiro atoms. The minimum atomic E-state index is 0.140. The first kappa shape index (κ1) is 22.2. The van der Waals surface area contributed by atoms with Gasteiger partial charge >= 0.3 is 0 Å². The molecule has 6 nitrogen and oxygen atoms in total. The summed E-state index contributed by atoms with van der Waals surface area (Å²) in [4.78, 5) is 34.8. The molecule has 2 fully saturated rings. The Balaban J connectivity index is 1.50. The van der Waals surface area contributed by atoms with Crippen LogP contribution in [0.4, 0.5) is 0 Å². The van der Waals surface area contributed by atoms with Crippen LogP contribution in [0.5, 0.6) is 0 Å². The highest BCUT2D eigenvalue weighted by molar-refractivity contribution is 7.99. The SMILES string of the molecule is CC1CCN(C(=O)Cn2c(SCC(=O)N3C(C)CCCC3C)nc3ccccc32)CC1. The Kier molecular flexibility index (Phi) is 6.89. The number of hydrogen-bond donors (Lipinski definition) is 0. The van der Waals surface area contributed by atoms with E-state index in [2.05, 4.69) is 20.8 Å². The summed E-state index contributed by atoms with van der Waals surface area (Å²) in [5.41, 5.74) is 1.83. The van der Waals surface area contributed by atoms with Crippen molar-refractivity contribution in [1.82, 2.24) is 19.4 Å². The molecule has 4 rings (SSSR count). The molecule has 2 aliphatic heterocycles. The van der Waals surface area contributed by atoms with Crippen LogP contribution in [-0.4, -0.2) is 62.1 Å². The molecular weight excluding hydrogens is 408 g/mol. The highest BCUT2D eigenvalue weighted by Gasteiger charge is 2.29. The van der Waals surface area contributed by atoms with Crippen LogP contribution >= 0.6 is 11.8 Å². The summed E-state index contributed by atoms with van der Waals surface area (Å²) in [6.45, 7) is 8.48. The lowest BCUT2D eigenvalue weighted by Crippen LogP contribution is -2.48. The lowest BCUT2D eigenvalue weighted by molar-refractivity contribution is -0.134. The predicted molar refractivity (Wildman–Crippen MR) is 125 cm³/mol. The minimum absolute atomic E-state index is 0.140. The number of fused-ring (bicyclic) bond motifs is 1. The lowest BCUT2D eigenvalue weighted by Gasteiger charge is -2.39. The van der Waals surface area contributed by atoms with Crippen LogP contribution in [0.25, 0.3) is 11.0 Å². The predicted octanol–water partition coefficient (Wildman–Crippen LogP) is 4.18. The van der Waals surface area contributed by atoms with Gasteiger partial charge in [-0.2, -0.15) is 0 Å². The van der Waals surface area contributed by atoms with E-state index in [9.17, 15) is 9.59 Å². The third-order valence-corrected chi connectivity index (χ3v) is 7.82. The van der Waals surface area contributed by atoms with Crippen molar-refractivity contribution in [2.75, 3.05) is 18.8 Å². The average molecular weight is 443 g/mol. The molecule has 0 bridgehead atoms. The van der Waals surface area contributed by atoms with Gasteiger partial charge in [0.25, 0.3) is 0 Å². The highest BCUT2D eigenvalue weighted by Crippen LogP contribution is 2.28. The van der Waals surface area contributed by atoms with E-state index in [0.717, 1.165) is 55.0 Å². The standard InChI is InChI=1S/C24H34N4O2S/c1-17-11-13-26(14-12-17)22(29)15-27-21-10-5-4-9-20(21)25-24(27)31-16-23(30)28-18(2)7-6-8-19(28)3/h4-5,9-10,17-19H,6-8,11-16H2,1-3H3. The monoisotopic (exact) mass is 442 g/mol. The Bertz CT molecular complexity index is 925. The van der Waals surface area contributed by atoms with Gasteiger partial charge in [-0.1, -0.05) is 30.8 Å². The fourth-order valence-electron chi connectivity index (χ4n) is 4.92. The second-order valence-electron chi connectivity index (χ2n) is 9.25. The molecule has 2 aromatic rings. The second-order valence-corrected chi connectivity index (χ2v) is 10.2. The quantitative estimate of drug-likeness (QED) is 0.652. The van der Waals surface area contributed by atoms with Crippen LogP contribution in [0, 0.1) is 5.92 Å². The van der Waals surface area contributed by atoms with E-state index in [4.69, 9.17) is 4.98 Å². The minimum Gasteiger partial charge on any atom is -0.341 e. The van der Waals surface area contributed by atoms with Crippen LogP contribution in [0.1, 0.15) is 52.9 Å². The summed E-state index contributed by atoms with van der Waals surface area (Å²) in [7, 11) is 0. The largest absolute Gasteiger partial charge is 0.341 e. The third-order valence-electron chi connectivity index (χ3n) is 6.86. The zero-order valence-corrected chi connectivity index (χ0v) is 19.7. The molecule has 2 aliphatic rings. The van der Waals surface area contributed by atoms with Crippen LogP contribution in [0.15, 0.2) is 29.4 Å². The van der Waals surface area contributed by atoms with Crippen molar-refractivity contribution in [3.63, 3.8) is 0 Å². The lowest BCUT2D eigenvalue weighted by atomic mass is 9.98. The van der Waals surface area contributed by atoms with E-state index in [1.807, 2.05) is 38.6 Å².